The lowest BCUT2D eigenvalue weighted by Gasteiger charge is -1.94. The van der Waals surface area contributed by atoms with Gasteiger partial charge in [-0.15, -0.1) is 0 Å². The van der Waals surface area contributed by atoms with Gasteiger partial charge >= 0.3 is 0 Å². The van der Waals surface area contributed by atoms with Crippen LogP contribution < -0.4 is 0 Å². The molecule has 2 N–H and O–H groups in total. The van der Waals surface area contributed by atoms with Crippen molar-refractivity contribution in [1.82, 2.24) is 0 Å². The zero-order valence-electron chi connectivity index (χ0n) is 3.37. The fourth-order valence-corrected chi connectivity index (χ4v) is 1.95. The third-order valence-electron chi connectivity index (χ3n) is 0.569. The Morgan fingerprint density at radius 1 is 1.71 bits per heavy atom. The predicted molar refractivity (Wildman–Crippen MR) is 31.9 cm³/mol. The van der Waals surface area contributed by atoms with Gasteiger partial charge in [-0.3, -0.25) is 0 Å². The number of hydrogen-bond acceptors (Lipinski definition) is 4. The van der Waals surface area contributed by atoms with Gasteiger partial charge in [0.05, 0.1) is 0 Å². The molecular weight excluding hydrogens is 132 g/mol. The minimum absolute atomic E-state index is 0.0648. The zero-order valence-corrected chi connectivity index (χ0v) is 5.00. The first-order valence-electron chi connectivity index (χ1n) is 1.70. The molecule has 0 saturated heterocycles. The van der Waals surface area contributed by atoms with Gasteiger partial charge in [-0.05, 0) is 10.8 Å². The maximum atomic E-state index is 8.62. The molecule has 0 aliphatic carbocycles. The Kier molecular flexibility index (Phi) is 1.51. The van der Waals surface area contributed by atoms with Gasteiger partial charge in [0.25, 0.3) is 0 Å². The van der Waals surface area contributed by atoms with E-state index in [1.807, 2.05) is 0 Å². The quantitative estimate of drug-likeness (QED) is 0.489. The molecule has 0 spiro atoms. The minimum Gasteiger partial charge on any atom is -0.508 e. The molecule has 7 heavy (non-hydrogen) atoms. The van der Waals surface area contributed by atoms with Crippen LogP contribution in [0.1, 0.15) is 0 Å². The lowest BCUT2D eigenvalue weighted by Crippen LogP contribution is -1.97. The van der Waals surface area contributed by atoms with Crippen LogP contribution in [0.2, 0.25) is 0 Å². The van der Waals surface area contributed by atoms with Crippen molar-refractivity contribution in [1.29, 1.82) is 0 Å². The Morgan fingerprint density at radius 2 is 2.43 bits per heavy atom. The van der Waals surface area contributed by atoms with Crippen molar-refractivity contribution in [2.45, 2.75) is 5.44 Å². The summed E-state index contributed by atoms with van der Waals surface area (Å²) in [6.45, 7) is 0. The predicted octanol–water partition coefficient (Wildman–Crippen LogP) is 1.10. The van der Waals surface area contributed by atoms with Crippen molar-refractivity contribution in [3.63, 3.8) is 0 Å². The molecule has 2 nitrogen and oxygen atoms in total. The first kappa shape index (κ1) is 5.34. The van der Waals surface area contributed by atoms with Crippen LogP contribution in [0, 0.1) is 0 Å². The average Bonchev–Trinajstić information content (AvgIpc) is 1.91. The van der Waals surface area contributed by atoms with Crippen molar-refractivity contribution < 1.29 is 10.2 Å². The molecule has 4 heteroatoms. The van der Waals surface area contributed by atoms with Gasteiger partial charge in [0.15, 0.2) is 5.44 Å². The Labute approximate surface area is 49.0 Å². The van der Waals surface area contributed by atoms with E-state index in [9.17, 15) is 0 Å². The van der Waals surface area contributed by atoms with E-state index in [1.165, 1.54) is 27.0 Å². The monoisotopic (exact) mass is 136 g/mol. The summed E-state index contributed by atoms with van der Waals surface area (Å²) >= 11 is 0. The van der Waals surface area contributed by atoms with Crippen LogP contribution >= 0.6 is 21.6 Å². The van der Waals surface area contributed by atoms with Gasteiger partial charge in [0.2, 0.25) is 0 Å². The van der Waals surface area contributed by atoms with Gasteiger partial charge in [0, 0.05) is 5.41 Å². The fourth-order valence-electron chi connectivity index (χ4n) is 0.237. The molecule has 1 aliphatic rings. The third kappa shape index (κ3) is 1.05. The standard InChI is InChI=1S/C3H4O2S2/c4-2-1-6-7-3(2)5/h1,3-5H. The molecule has 0 aromatic heterocycles. The highest BCUT2D eigenvalue weighted by molar-refractivity contribution is 8.78. The summed E-state index contributed by atoms with van der Waals surface area (Å²) in [5.41, 5.74) is -0.690. The summed E-state index contributed by atoms with van der Waals surface area (Å²) in [5, 5.41) is 18.7. The fraction of sp³-hybridized carbons (Fsp3) is 0.333. The number of rotatable bonds is 0. The molecule has 1 unspecified atom stereocenters. The Hall–Kier alpha value is 0.200. The van der Waals surface area contributed by atoms with Gasteiger partial charge in [-0.25, -0.2) is 0 Å². The third-order valence-corrected chi connectivity index (χ3v) is 2.61. The molecule has 40 valence electrons. The van der Waals surface area contributed by atoms with E-state index in [0.717, 1.165) is 0 Å². The van der Waals surface area contributed by atoms with Crippen LogP contribution in [0.4, 0.5) is 0 Å². The summed E-state index contributed by atoms with van der Waals surface area (Å²) in [6.07, 6.45) is 0. The van der Waals surface area contributed by atoms with E-state index in [-0.39, 0.29) is 5.76 Å². The normalized spacial score (nSPS) is 30.4. The van der Waals surface area contributed by atoms with Crippen LogP contribution in [0.15, 0.2) is 11.2 Å². The number of aliphatic hydroxyl groups is 2. The molecule has 0 bridgehead atoms. The molecule has 0 fully saturated rings. The topological polar surface area (TPSA) is 40.5 Å². The van der Waals surface area contributed by atoms with Gasteiger partial charge in [-0.1, -0.05) is 10.8 Å². The van der Waals surface area contributed by atoms with E-state index in [4.69, 9.17) is 10.2 Å². The highest BCUT2D eigenvalue weighted by atomic mass is 33.1. The summed E-state index contributed by atoms with van der Waals surface area (Å²) in [5.74, 6) is 0.0648. The molecule has 1 rings (SSSR count). The van der Waals surface area contributed by atoms with Gasteiger partial charge in [0.1, 0.15) is 5.76 Å². The van der Waals surface area contributed by atoms with Crippen molar-refractivity contribution in [2.75, 3.05) is 0 Å². The van der Waals surface area contributed by atoms with Crippen molar-refractivity contribution in [2.24, 2.45) is 0 Å². The summed E-state index contributed by atoms with van der Waals surface area (Å²) < 4.78 is 0. The summed E-state index contributed by atoms with van der Waals surface area (Å²) in [6, 6.07) is 0. The van der Waals surface area contributed by atoms with E-state index in [0.29, 0.717) is 0 Å². The van der Waals surface area contributed by atoms with E-state index < -0.39 is 5.44 Å². The lowest BCUT2D eigenvalue weighted by molar-refractivity contribution is 0.228. The number of aliphatic hydroxyl groups excluding tert-OH is 2. The van der Waals surface area contributed by atoms with E-state index in [2.05, 4.69) is 0 Å². The maximum absolute atomic E-state index is 8.62. The minimum atomic E-state index is -0.690. The number of hydrogen-bond donors (Lipinski definition) is 2. The molecule has 1 aliphatic heterocycles. The second-order valence-electron chi connectivity index (χ2n) is 1.09. The smallest absolute Gasteiger partial charge is 0.167 e. The maximum Gasteiger partial charge on any atom is 0.167 e. The van der Waals surface area contributed by atoms with Crippen molar-refractivity contribution in [3.8, 4) is 0 Å². The molecule has 0 amide bonds. The summed E-state index contributed by atoms with van der Waals surface area (Å²) in [4.78, 5) is 0. The molecule has 1 heterocycles. The first-order valence-corrected chi connectivity index (χ1v) is 3.97. The largest absolute Gasteiger partial charge is 0.508 e. The van der Waals surface area contributed by atoms with Crippen molar-refractivity contribution >= 4 is 21.6 Å². The molecule has 1 atom stereocenters. The Balaban J connectivity index is 2.54. The molecule has 0 saturated carbocycles. The lowest BCUT2D eigenvalue weighted by atomic mass is 10.6. The van der Waals surface area contributed by atoms with Crippen LogP contribution in [-0.4, -0.2) is 15.6 Å². The highest BCUT2D eigenvalue weighted by Crippen LogP contribution is 2.37. The van der Waals surface area contributed by atoms with Crippen LogP contribution in [0.25, 0.3) is 0 Å². The SMILES string of the molecule is OC1=CSSC1O. The molecule has 0 aromatic rings. The van der Waals surface area contributed by atoms with Gasteiger partial charge in [-0.2, -0.15) is 0 Å². The Morgan fingerprint density at radius 3 is 2.57 bits per heavy atom. The molecule has 0 radical (unpaired) electrons. The average molecular weight is 136 g/mol. The van der Waals surface area contributed by atoms with E-state index in [1.54, 1.807) is 0 Å². The van der Waals surface area contributed by atoms with Crippen molar-refractivity contribution in [3.05, 3.63) is 11.2 Å². The second-order valence-corrected chi connectivity index (χ2v) is 3.31. The van der Waals surface area contributed by atoms with E-state index >= 15 is 0 Å². The summed E-state index contributed by atoms with van der Waals surface area (Å²) in [7, 11) is 2.58. The molecule has 0 aromatic carbocycles. The van der Waals surface area contributed by atoms with Crippen LogP contribution in [0.5, 0.6) is 0 Å². The molecular formula is C3H4O2S2. The Bertz CT molecular complexity index is 101. The second kappa shape index (κ2) is 1.98. The highest BCUT2D eigenvalue weighted by Gasteiger charge is 2.15. The van der Waals surface area contributed by atoms with Crippen LogP contribution in [-0.2, 0) is 0 Å². The van der Waals surface area contributed by atoms with Gasteiger partial charge < -0.3 is 10.2 Å². The zero-order chi connectivity index (χ0) is 5.28. The first-order chi connectivity index (χ1) is 3.30. The van der Waals surface area contributed by atoms with Crippen LogP contribution in [0.3, 0.4) is 0 Å².